The van der Waals surface area contributed by atoms with Crippen molar-refractivity contribution in [2.45, 2.75) is 64.8 Å². The van der Waals surface area contributed by atoms with Crippen molar-refractivity contribution in [3.05, 3.63) is 29.8 Å². The van der Waals surface area contributed by atoms with Crippen LogP contribution in [-0.4, -0.2) is 14.3 Å². The highest BCUT2D eigenvalue weighted by Gasteiger charge is 2.37. The molecule has 0 radical (unpaired) electrons. The fourth-order valence-corrected chi connectivity index (χ4v) is 2.87. The second-order valence-corrected chi connectivity index (χ2v) is 12.6. The van der Waals surface area contributed by atoms with Gasteiger partial charge in [-0.25, -0.2) is 0 Å². The van der Waals surface area contributed by atoms with Gasteiger partial charge < -0.3 is 9.16 Å². The van der Waals surface area contributed by atoms with Gasteiger partial charge in [0.1, 0.15) is 5.75 Å². The van der Waals surface area contributed by atoms with Gasteiger partial charge in [-0.3, -0.25) is 4.79 Å². The van der Waals surface area contributed by atoms with Crippen molar-refractivity contribution in [1.29, 1.82) is 0 Å². The molecular weight excluding hydrogens is 292 g/mol. The molecule has 1 fully saturated rings. The lowest BCUT2D eigenvalue weighted by Gasteiger charge is -2.36. The van der Waals surface area contributed by atoms with Gasteiger partial charge in [-0.2, -0.15) is 0 Å². The molecule has 0 spiro atoms. The molecule has 3 nitrogen and oxygen atoms in total. The molecule has 0 aromatic heterocycles. The number of carbonyl (C=O) groups is 1. The zero-order valence-corrected chi connectivity index (χ0v) is 15.4. The van der Waals surface area contributed by atoms with Crippen LogP contribution in [-0.2, 0) is 15.8 Å². The zero-order chi connectivity index (χ0) is 16.4. The van der Waals surface area contributed by atoms with Gasteiger partial charge in [-0.15, -0.1) is 0 Å². The lowest BCUT2D eigenvalue weighted by atomic mass is 10.2. The molecule has 0 saturated heterocycles. The summed E-state index contributed by atoms with van der Waals surface area (Å²) in [5, 5.41) is 0.196. The van der Waals surface area contributed by atoms with Crippen LogP contribution in [0.25, 0.3) is 0 Å². The van der Waals surface area contributed by atoms with Crippen LogP contribution in [0.15, 0.2) is 24.3 Å². The summed E-state index contributed by atoms with van der Waals surface area (Å²) in [6.07, 6.45) is 2.87. The largest absolute Gasteiger partial charge is 0.427 e. The highest BCUT2D eigenvalue weighted by atomic mass is 28.4. The monoisotopic (exact) mass is 320 g/mol. The molecule has 2 rings (SSSR count). The molecule has 1 aromatic rings. The number of rotatable bonds is 6. The maximum absolute atomic E-state index is 11.8. The van der Waals surface area contributed by atoms with Crippen LogP contribution in [0.5, 0.6) is 5.75 Å². The molecule has 1 aliphatic carbocycles. The Kier molecular flexibility index (Phi) is 5.13. The number of hydrogen-bond donors (Lipinski definition) is 0. The Hall–Kier alpha value is -1.13. The molecule has 22 heavy (non-hydrogen) atoms. The van der Waals surface area contributed by atoms with Gasteiger partial charge in [0.05, 0.1) is 6.61 Å². The van der Waals surface area contributed by atoms with Crippen molar-refractivity contribution in [3.8, 4) is 5.75 Å². The summed E-state index contributed by atoms with van der Waals surface area (Å²) in [7, 11) is -1.76. The Morgan fingerprint density at radius 1 is 1.27 bits per heavy atom. The van der Waals surface area contributed by atoms with E-state index >= 15 is 0 Å². The van der Waals surface area contributed by atoms with E-state index in [0.29, 0.717) is 24.7 Å². The zero-order valence-electron chi connectivity index (χ0n) is 14.4. The van der Waals surface area contributed by atoms with Crippen molar-refractivity contribution in [2.24, 2.45) is 5.92 Å². The molecule has 0 aliphatic heterocycles. The minimum absolute atomic E-state index is 0.120. The predicted molar refractivity (Wildman–Crippen MR) is 91.4 cm³/mol. The Balaban J connectivity index is 1.92. The molecular formula is C18H28O3Si. The summed E-state index contributed by atoms with van der Waals surface area (Å²) in [5.41, 5.74) is 1.06. The summed E-state index contributed by atoms with van der Waals surface area (Å²) in [6.45, 7) is 11.8. The molecule has 0 bridgehead atoms. The number of benzene rings is 1. The average Bonchev–Trinajstić information content (AvgIpc) is 3.19. The van der Waals surface area contributed by atoms with Crippen molar-refractivity contribution in [3.63, 3.8) is 0 Å². The van der Waals surface area contributed by atoms with E-state index in [1.165, 1.54) is 0 Å². The summed E-state index contributed by atoms with van der Waals surface area (Å²) in [6, 6.07) is 7.69. The molecule has 1 aliphatic rings. The fourth-order valence-electron chi connectivity index (χ4n) is 1.91. The summed E-state index contributed by atoms with van der Waals surface area (Å²) >= 11 is 0. The van der Waals surface area contributed by atoms with E-state index in [2.05, 4.69) is 33.9 Å². The van der Waals surface area contributed by atoms with Crippen molar-refractivity contribution < 1.29 is 14.0 Å². The van der Waals surface area contributed by atoms with Gasteiger partial charge in [0, 0.05) is 6.42 Å². The minimum Gasteiger partial charge on any atom is -0.427 e. The molecule has 1 saturated carbocycles. The first-order valence-electron chi connectivity index (χ1n) is 8.11. The third-order valence-electron chi connectivity index (χ3n) is 4.69. The minimum atomic E-state index is -1.76. The Morgan fingerprint density at radius 3 is 2.55 bits per heavy atom. The molecule has 0 unspecified atom stereocenters. The Labute approximate surface area is 135 Å². The maximum atomic E-state index is 11.8. The van der Waals surface area contributed by atoms with Gasteiger partial charge >= 0.3 is 5.97 Å². The lowest BCUT2D eigenvalue weighted by molar-refractivity contribution is -0.134. The SMILES string of the molecule is CC(C)(C)[Si](C)(C)OCc1cccc(OC(=O)CC2CC2)c1. The van der Waals surface area contributed by atoms with Crippen molar-refractivity contribution in [1.82, 2.24) is 0 Å². The standard InChI is InChI=1S/C18H28O3Si/c1-18(2,3)22(4,5)20-13-15-7-6-8-16(11-15)21-17(19)12-14-9-10-14/h6-8,11,14H,9-10,12-13H2,1-5H3. The first kappa shape index (κ1) is 17.2. The smallest absolute Gasteiger partial charge is 0.311 e. The van der Waals surface area contributed by atoms with E-state index in [-0.39, 0.29) is 11.0 Å². The Morgan fingerprint density at radius 2 is 1.95 bits per heavy atom. The first-order chi connectivity index (χ1) is 10.2. The van der Waals surface area contributed by atoms with E-state index in [9.17, 15) is 4.79 Å². The van der Waals surface area contributed by atoms with Gasteiger partial charge in [0.2, 0.25) is 0 Å². The van der Waals surface area contributed by atoms with E-state index in [1.807, 2.05) is 24.3 Å². The third-order valence-corrected chi connectivity index (χ3v) is 9.17. The predicted octanol–water partition coefficient (Wildman–Crippen LogP) is 4.91. The molecule has 4 heteroatoms. The van der Waals surface area contributed by atoms with Crippen LogP contribution in [0.1, 0.15) is 45.6 Å². The second-order valence-electron chi connectivity index (χ2n) is 7.82. The highest BCUT2D eigenvalue weighted by Crippen LogP contribution is 2.37. The lowest BCUT2D eigenvalue weighted by Crippen LogP contribution is -2.40. The number of carbonyl (C=O) groups excluding carboxylic acids is 1. The first-order valence-corrected chi connectivity index (χ1v) is 11.0. The summed E-state index contributed by atoms with van der Waals surface area (Å²) < 4.78 is 11.6. The molecule has 1 aromatic carbocycles. The average molecular weight is 321 g/mol. The fraction of sp³-hybridized carbons (Fsp3) is 0.611. The molecule has 0 N–H and O–H groups in total. The van der Waals surface area contributed by atoms with Gasteiger partial charge in [-0.1, -0.05) is 32.9 Å². The van der Waals surface area contributed by atoms with E-state index in [4.69, 9.17) is 9.16 Å². The molecule has 0 amide bonds. The van der Waals surface area contributed by atoms with Crippen molar-refractivity contribution in [2.75, 3.05) is 0 Å². The summed E-state index contributed by atoms with van der Waals surface area (Å²) in [5.74, 6) is 1.06. The summed E-state index contributed by atoms with van der Waals surface area (Å²) in [4.78, 5) is 11.8. The van der Waals surface area contributed by atoms with E-state index in [1.54, 1.807) is 0 Å². The maximum Gasteiger partial charge on any atom is 0.311 e. The van der Waals surface area contributed by atoms with Crippen LogP contribution < -0.4 is 4.74 Å². The molecule has 0 heterocycles. The van der Waals surface area contributed by atoms with Gasteiger partial charge in [-0.05, 0) is 54.6 Å². The third kappa shape index (κ3) is 4.95. The second kappa shape index (κ2) is 6.55. The molecule has 0 atom stereocenters. The van der Waals surface area contributed by atoms with E-state index in [0.717, 1.165) is 18.4 Å². The van der Waals surface area contributed by atoms with Crippen LogP contribution in [0.4, 0.5) is 0 Å². The number of esters is 1. The van der Waals surface area contributed by atoms with Crippen LogP contribution in [0.3, 0.4) is 0 Å². The van der Waals surface area contributed by atoms with Crippen molar-refractivity contribution >= 4 is 14.3 Å². The number of hydrogen-bond acceptors (Lipinski definition) is 3. The normalized spacial score (nSPS) is 15.7. The van der Waals surface area contributed by atoms with Crippen LogP contribution >= 0.6 is 0 Å². The van der Waals surface area contributed by atoms with Crippen LogP contribution in [0.2, 0.25) is 18.1 Å². The Bertz CT molecular complexity index is 527. The highest BCUT2D eigenvalue weighted by molar-refractivity contribution is 6.74. The van der Waals surface area contributed by atoms with E-state index < -0.39 is 8.32 Å². The number of ether oxygens (including phenoxy) is 1. The van der Waals surface area contributed by atoms with Gasteiger partial charge in [0.25, 0.3) is 0 Å². The quantitative estimate of drug-likeness (QED) is 0.424. The van der Waals surface area contributed by atoms with Crippen LogP contribution in [0, 0.1) is 5.92 Å². The topological polar surface area (TPSA) is 35.5 Å². The van der Waals surface area contributed by atoms with Gasteiger partial charge in [0.15, 0.2) is 8.32 Å². The molecule has 122 valence electrons.